The SMILES string of the molecule is CCO[C@H](C)c1nc(CC(=O)N2C[C@H](C)[C@@H](N(C)C)C2)cs1. The van der Waals surface area contributed by atoms with Crippen molar-refractivity contribution < 1.29 is 9.53 Å². The maximum absolute atomic E-state index is 12.5. The first-order valence-electron chi connectivity index (χ1n) is 7.92. The number of thiazole rings is 1. The molecule has 1 aromatic rings. The molecule has 2 heterocycles. The van der Waals surface area contributed by atoms with E-state index in [4.69, 9.17) is 4.74 Å². The van der Waals surface area contributed by atoms with Crippen molar-refractivity contribution in [2.45, 2.75) is 39.3 Å². The zero-order valence-corrected chi connectivity index (χ0v) is 15.0. The second-order valence-corrected chi connectivity index (χ2v) is 7.15. The number of amides is 1. The Hall–Kier alpha value is -0.980. The van der Waals surface area contributed by atoms with Crippen molar-refractivity contribution in [3.05, 3.63) is 16.1 Å². The third-order valence-electron chi connectivity index (χ3n) is 4.25. The highest BCUT2D eigenvalue weighted by molar-refractivity contribution is 7.09. The van der Waals surface area contributed by atoms with E-state index in [0.29, 0.717) is 25.0 Å². The molecule has 0 N–H and O–H groups in total. The van der Waals surface area contributed by atoms with Crippen LogP contribution in [0.2, 0.25) is 0 Å². The van der Waals surface area contributed by atoms with E-state index in [-0.39, 0.29) is 12.0 Å². The lowest BCUT2D eigenvalue weighted by atomic mass is 10.1. The fourth-order valence-corrected chi connectivity index (χ4v) is 3.83. The standard InChI is InChI=1S/C16H27N3O2S/c1-6-21-12(3)16-17-13(10-22-16)7-15(20)19-8-11(2)14(9-19)18(4)5/h10-12,14H,6-9H2,1-5H3/t11-,12+,14-/m0/s1. The zero-order chi connectivity index (χ0) is 16.3. The summed E-state index contributed by atoms with van der Waals surface area (Å²) in [5.74, 6) is 0.694. The number of likely N-dealkylation sites (tertiary alicyclic amines) is 1. The number of nitrogens with zero attached hydrogens (tertiary/aromatic N) is 3. The van der Waals surface area contributed by atoms with Gasteiger partial charge in [0.1, 0.15) is 11.1 Å². The van der Waals surface area contributed by atoms with Crippen LogP contribution in [0.15, 0.2) is 5.38 Å². The molecule has 0 radical (unpaired) electrons. The maximum Gasteiger partial charge on any atom is 0.228 e. The van der Waals surface area contributed by atoms with Crippen LogP contribution in [-0.2, 0) is 16.0 Å². The van der Waals surface area contributed by atoms with Crippen molar-refractivity contribution in [2.24, 2.45) is 5.92 Å². The number of hydrogen-bond acceptors (Lipinski definition) is 5. The van der Waals surface area contributed by atoms with E-state index in [1.54, 1.807) is 11.3 Å². The predicted octanol–water partition coefficient (Wildman–Crippen LogP) is 2.19. The van der Waals surface area contributed by atoms with Gasteiger partial charge >= 0.3 is 0 Å². The molecule has 1 aliphatic heterocycles. The van der Waals surface area contributed by atoms with Crippen LogP contribution in [0.5, 0.6) is 0 Å². The van der Waals surface area contributed by atoms with Gasteiger partial charge in [-0.3, -0.25) is 4.79 Å². The Bertz CT molecular complexity index is 503. The summed E-state index contributed by atoms with van der Waals surface area (Å²) in [5.41, 5.74) is 0.859. The summed E-state index contributed by atoms with van der Waals surface area (Å²) in [5, 5.41) is 2.93. The molecule has 0 aromatic carbocycles. The van der Waals surface area contributed by atoms with Gasteiger partial charge in [-0.1, -0.05) is 6.92 Å². The fourth-order valence-electron chi connectivity index (χ4n) is 3.00. The molecular formula is C16H27N3O2S. The van der Waals surface area contributed by atoms with Crippen molar-refractivity contribution in [3.8, 4) is 0 Å². The number of ether oxygens (including phenoxy) is 1. The summed E-state index contributed by atoms with van der Waals surface area (Å²) in [4.78, 5) is 21.2. The second kappa shape index (κ2) is 7.53. The molecule has 124 valence electrons. The number of rotatable bonds is 6. The van der Waals surface area contributed by atoms with Gasteiger partial charge in [-0.25, -0.2) is 4.98 Å². The number of aromatic nitrogens is 1. The molecule has 0 spiro atoms. The van der Waals surface area contributed by atoms with Gasteiger partial charge in [-0.2, -0.15) is 0 Å². The first-order valence-corrected chi connectivity index (χ1v) is 8.80. The summed E-state index contributed by atoms with van der Waals surface area (Å²) >= 11 is 1.57. The van der Waals surface area contributed by atoms with Gasteiger partial charge in [-0.05, 0) is 33.9 Å². The van der Waals surface area contributed by atoms with Crippen LogP contribution in [0, 0.1) is 5.92 Å². The Kier molecular flexibility index (Phi) is 5.94. The van der Waals surface area contributed by atoms with Crippen LogP contribution in [0.1, 0.15) is 37.6 Å². The van der Waals surface area contributed by atoms with Crippen LogP contribution in [-0.4, -0.2) is 60.5 Å². The number of carbonyl (C=O) groups is 1. The number of likely N-dealkylation sites (N-methyl/N-ethyl adjacent to an activating group) is 1. The van der Waals surface area contributed by atoms with Crippen molar-refractivity contribution in [3.63, 3.8) is 0 Å². The molecule has 3 atom stereocenters. The highest BCUT2D eigenvalue weighted by atomic mass is 32.1. The lowest BCUT2D eigenvalue weighted by Gasteiger charge is -2.22. The Morgan fingerprint density at radius 3 is 2.86 bits per heavy atom. The van der Waals surface area contributed by atoms with Gasteiger partial charge in [0, 0.05) is 31.1 Å². The molecule has 1 amide bonds. The summed E-state index contributed by atoms with van der Waals surface area (Å²) in [6.45, 7) is 8.52. The summed E-state index contributed by atoms with van der Waals surface area (Å²) in [6, 6.07) is 0.452. The second-order valence-electron chi connectivity index (χ2n) is 6.26. The minimum atomic E-state index is 0.00350. The zero-order valence-electron chi connectivity index (χ0n) is 14.2. The quantitative estimate of drug-likeness (QED) is 0.804. The summed E-state index contributed by atoms with van der Waals surface area (Å²) in [6.07, 6.45) is 0.395. The molecule has 1 aromatic heterocycles. The van der Waals surface area contributed by atoms with Gasteiger partial charge in [0.05, 0.1) is 12.1 Å². The molecule has 0 unspecified atom stereocenters. The van der Waals surface area contributed by atoms with E-state index in [1.807, 2.05) is 24.1 Å². The van der Waals surface area contributed by atoms with Crippen LogP contribution < -0.4 is 0 Å². The number of hydrogen-bond donors (Lipinski definition) is 0. The maximum atomic E-state index is 12.5. The molecule has 6 heteroatoms. The van der Waals surface area contributed by atoms with Crippen LogP contribution >= 0.6 is 11.3 Å². The Labute approximate surface area is 137 Å². The van der Waals surface area contributed by atoms with E-state index < -0.39 is 0 Å². The Balaban J connectivity index is 1.93. The van der Waals surface area contributed by atoms with Gasteiger partial charge in [0.25, 0.3) is 0 Å². The van der Waals surface area contributed by atoms with Crippen molar-refractivity contribution >= 4 is 17.2 Å². The molecule has 1 fully saturated rings. The minimum absolute atomic E-state index is 0.00350. The lowest BCUT2D eigenvalue weighted by molar-refractivity contribution is -0.129. The third-order valence-corrected chi connectivity index (χ3v) is 5.31. The lowest BCUT2D eigenvalue weighted by Crippen LogP contribution is -2.36. The van der Waals surface area contributed by atoms with Crippen LogP contribution in [0.25, 0.3) is 0 Å². The Morgan fingerprint density at radius 2 is 2.27 bits per heavy atom. The van der Waals surface area contributed by atoms with Gasteiger partial charge in [-0.15, -0.1) is 11.3 Å². The Morgan fingerprint density at radius 1 is 1.55 bits per heavy atom. The molecule has 2 rings (SSSR count). The molecule has 1 aliphatic rings. The summed E-state index contributed by atoms with van der Waals surface area (Å²) in [7, 11) is 4.16. The molecule has 0 saturated carbocycles. The van der Waals surface area contributed by atoms with Crippen molar-refractivity contribution in [2.75, 3.05) is 33.8 Å². The van der Waals surface area contributed by atoms with Crippen molar-refractivity contribution in [1.82, 2.24) is 14.8 Å². The molecule has 0 bridgehead atoms. The van der Waals surface area contributed by atoms with Crippen molar-refractivity contribution in [1.29, 1.82) is 0 Å². The monoisotopic (exact) mass is 325 g/mol. The smallest absolute Gasteiger partial charge is 0.228 e. The normalized spacial score (nSPS) is 23.3. The average molecular weight is 325 g/mol. The molecule has 5 nitrogen and oxygen atoms in total. The van der Waals surface area contributed by atoms with Crippen LogP contribution in [0.3, 0.4) is 0 Å². The number of carbonyl (C=O) groups excluding carboxylic acids is 1. The predicted molar refractivity (Wildman–Crippen MR) is 89.1 cm³/mol. The fraction of sp³-hybridized carbons (Fsp3) is 0.750. The molecule has 1 saturated heterocycles. The van der Waals surface area contributed by atoms with Gasteiger partial charge < -0.3 is 14.5 Å². The minimum Gasteiger partial charge on any atom is -0.372 e. The topological polar surface area (TPSA) is 45.7 Å². The highest BCUT2D eigenvalue weighted by Crippen LogP contribution is 2.23. The average Bonchev–Trinajstić information content (AvgIpc) is 3.05. The van der Waals surface area contributed by atoms with Gasteiger partial charge in [0.15, 0.2) is 0 Å². The van der Waals surface area contributed by atoms with E-state index in [0.717, 1.165) is 23.8 Å². The van der Waals surface area contributed by atoms with E-state index >= 15 is 0 Å². The largest absolute Gasteiger partial charge is 0.372 e. The molecule has 0 aliphatic carbocycles. The third kappa shape index (κ3) is 4.06. The molecule has 22 heavy (non-hydrogen) atoms. The van der Waals surface area contributed by atoms with E-state index in [9.17, 15) is 4.79 Å². The van der Waals surface area contributed by atoms with Gasteiger partial charge in [0.2, 0.25) is 5.91 Å². The van der Waals surface area contributed by atoms with E-state index in [1.165, 1.54) is 0 Å². The summed E-state index contributed by atoms with van der Waals surface area (Å²) < 4.78 is 5.55. The highest BCUT2D eigenvalue weighted by Gasteiger charge is 2.33. The molecular weight excluding hydrogens is 298 g/mol. The van der Waals surface area contributed by atoms with Crippen LogP contribution in [0.4, 0.5) is 0 Å². The first-order chi connectivity index (χ1) is 10.4. The van der Waals surface area contributed by atoms with E-state index in [2.05, 4.69) is 30.9 Å². The first kappa shape index (κ1) is 17.4.